The lowest BCUT2D eigenvalue weighted by molar-refractivity contribution is 0.431. The third kappa shape index (κ3) is 20.0. The van der Waals surface area contributed by atoms with E-state index in [0.29, 0.717) is 0 Å². The topological polar surface area (TPSA) is 35.0 Å². The van der Waals surface area contributed by atoms with E-state index in [1.54, 1.807) is 0 Å². The third-order valence-corrected chi connectivity index (χ3v) is 4.60. The van der Waals surface area contributed by atoms with Gasteiger partial charge in [-0.2, -0.15) is 0 Å². The first-order valence-electron chi connectivity index (χ1n) is 9.81. The highest BCUT2D eigenvalue weighted by Crippen LogP contribution is 2.18. The molecule has 0 spiro atoms. The van der Waals surface area contributed by atoms with E-state index in [4.69, 9.17) is 0 Å². The van der Waals surface area contributed by atoms with E-state index >= 15 is 0 Å². The van der Waals surface area contributed by atoms with Gasteiger partial charge in [0.1, 0.15) is 0 Å². The molecule has 0 amide bonds. The summed E-state index contributed by atoms with van der Waals surface area (Å²) in [5, 5.41) is 0. The van der Waals surface area contributed by atoms with Gasteiger partial charge in [0.2, 0.25) is 0 Å². The van der Waals surface area contributed by atoms with Crippen molar-refractivity contribution in [3.05, 3.63) is 0 Å². The van der Waals surface area contributed by atoms with E-state index in [2.05, 4.69) is 20.8 Å². The molecule has 1 heteroatoms. The second-order valence-electron chi connectivity index (χ2n) is 6.93. The fourth-order valence-electron chi connectivity index (χ4n) is 3.04. The Bertz CT molecular complexity index is 167. The number of unbranched alkanes of at least 4 members (excludes halogenated alkanes) is 12. The van der Waals surface area contributed by atoms with Crippen LogP contribution in [0.25, 0.3) is 0 Å². The summed E-state index contributed by atoms with van der Waals surface area (Å²) in [5.74, 6) is 0.973. The summed E-state index contributed by atoms with van der Waals surface area (Å²) in [5.41, 5.74) is 0. The normalized spacial score (nSPS) is 12.1. The van der Waals surface area contributed by atoms with Crippen molar-refractivity contribution in [2.75, 3.05) is 0 Å². The molecule has 0 fully saturated rings. The molecule has 0 aromatic carbocycles. The molecule has 0 saturated carbocycles. The summed E-state index contributed by atoms with van der Waals surface area (Å²) in [7, 11) is 0. The quantitative estimate of drug-likeness (QED) is 0.287. The van der Waals surface area contributed by atoms with Crippen LogP contribution in [0, 0.1) is 5.92 Å². The molecule has 0 bridgehead atoms. The van der Waals surface area contributed by atoms with Crippen LogP contribution in [0.5, 0.6) is 0 Å². The van der Waals surface area contributed by atoms with Crippen LogP contribution in [0.2, 0.25) is 0 Å². The molecule has 0 aromatic rings. The first kappa shape index (κ1) is 23.2. The highest BCUT2D eigenvalue weighted by Gasteiger charge is 2.02. The van der Waals surface area contributed by atoms with Crippen LogP contribution in [-0.4, -0.2) is 0 Å². The lowest BCUT2D eigenvalue weighted by Crippen LogP contribution is -1.95. The predicted molar refractivity (Wildman–Crippen MR) is 99.4 cm³/mol. The summed E-state index contributed by atoms with van der Waals surface area (Å²) in [6, 6.07) is 0. The molecule has 0 aliphatic rings. The molecule has 0 aliphatic heterocycles. The fourth-order valence-corrected chi connectivity index (χ4v) is 3.04. The van der Waals surface area contributed by atoms with Gasteiger partial charge >= 0.3 is 0 Å². The third-order valence-electron chi connectivity index (χ3n) is 4.60. The first-order chi connectivity index (χ1) is 9.81. The predicted octanol–water partition coefficient (Wildman–Crippen LogP) is 8.07. The summed E-state index contributed by atoms with van der Waals surface area (Å²) in [4.78, 5) is 0. The number of hydrogen-bond donors (Lipinski definition) is 1. The Hall–Kier alpha value is -0.0400. The molecular weight excluding hydrogens is 254 g/mol. The maximum atomic E-state index is 2.47. The van der Waals surface area contributed by atoms with Gasteiger partial charge in [0.15, 0.2) is 0 Å². The van der Waals surface area contributed by atoms with Crippen LogP contribution in [0.4, 0.5) is 0 Å². The highest BCUT2D eigenvalue weighted by atomic mass is 14.1. The van der Waals surface area contributed by atoms with Crippen LogP contribution in [-0.2, 0) is 0 Å². The maximum Gasteiger partial charge on any atom is -0.0443 e. The highest BCUT2D eigenvalue weighted by molar-refractivity contribution is 4.55. The van der Waals surface area contributed by atoms with E-state index in [1.807, 2.05) is 0 Å². The molecule has 1 unspecified atom stereocenters. The zero-order valence-electron chi connectivity index (χ0n) is 15.6. The van der Waals surface area contributed by atoms with Gasteiger partial charge in [-0.05, 0) is 5.92 Å². The van der Waals surface area contributed by atoms with Crippen LogP contribution in [0.15, 0.2) is 0 Å². The Labute approximate surface area is 136 Å². The molecule has 1 nitrogen and oxygen atoms in total. The molecule has 130 valence electrons. The molecule has 1 atom stereocenters. The minimum absolute atomic E-state index is 0. The van der Waals surface area contributed by atoms with E-state index < -0.39 is 0 Å². The van der Waals surface area contributed by atoms with Gasteiger partial charge in [-0.1, -0.05) is 124 Å². The van der Waals surface area contributed by atoms with Crippen molar-refractivity contribution >= 4 is 0 Å². The van der Waals surface area contributed by atoms with Crippen molar-refractivity contribution in [2.24, 2.45) is 5.92 Å². The zero-order valence-corrected chi connectivity index (χ0v) is 15.6. The van der Waals surface area contributed by atoms with Crippen LogP contribution >= 0.6 is 0 Å². The molecule has 0 aliphatic carbocycles. The summed E-state index contributed by atoms with van der Waals surface area (Å²) in [6.07, 6.45) is 23.3. The van der Waals surface area contributed by atoms with Gasteiger partial charge in [-0.25, -0.2) is 0 Å². The molecule has 0 saturated heterocycles. The SMILES string of the molecule is CCCCCCCCCCC(C)CCCCCCCC.N. The van der Waals surface area contributed by atoms with E-state index in [1.165, 1.54) is 103 Å². The number of hydrogen-bond acceptors (Lipinski definition) is 1. The summed E-state index contributed by atoms with van der Waals surface area (Å²) < 4.78 is 0. The van der Waals surface area contributed by atoms with Crippen molar-refractivity contribution < 1.29 is 0 Å². The molecule has 0 aromatic heterocycles. The van der Waals surface area contributed by atoms with Gasteiger partial charge in [0.25, 0.3) is 0 Å². The average molecular weight is 300 g/mol. The van der Waals surface area contributed by atoms with Crippen molar-refractivity contribution in [1.82, 2.24) is 6.15 Å². The van der Waals surface area contributed by atoms with Crippen LogP contribution in [0.3, 0.4) is 0 Å². The molecular formula is C20H45N. The molecule has 21 heavy (non-hydrogen) atoms. The molecule has 3 N–H and O–H groups in total. The molecule has 0 rings (SSSR count). The Morgan fingerprint density at radius 1 is 0.476 bits per heavy atom. The number of rotatable bonds is 16. The Kier molecular flexibility index (Phi) is 22.1. The van der Waals surface area contributed by atoms with Crippen LogP contribution in [0.1, 0.15) is 124 Å². The van der Waals surface area contributed by atoms with Gasteiger partial charge in [0.05, 0.1) is 0 Å². The first-order valence-corrected chi connectivity index (χ1v) is 9.81. The van der Waals surface area contributed by atoms with Gasteiger partial charge in [-0.3, -0.25) is 0 Å². The zero-order chi connectivity index (χ0) is 14.9. The van der Waals surface area contributed by atoms with Crippen molar-refractivity contribution in [3.8, 4) is 0 Å². The minimum atomic E-state index is 0. The van der Waals surface area contributed by atoms with Crippen molar-refractivity contribution in [1.29, 1.82) is 0 Å². The van der Waals surface area contributed by atoms with Gasteiger partial charge in [-0.15, -0.1) is 0 Å². The minimum Gasteiger partial charge on any atom is -0.344 e. The summed E-state index contributed by atoms with van der Waals surface area (Å²) >= 11 is 0. The molecule has 0 heterocycles. The summed E-state index contributed by atoms with van der Waals surface area (Å²) in [6.45, 7) is 7.06. The van der Waals surface area contributed by atoms with Crippen molar-refractivity contribution in [3.63, 3.8) is 0 Å². The standard InChI is InChI=1S/C20H42.H3N/c1-4-6-8-10-12-13-15-17-19-20(3)18-16-14-11-9-7-5-2;/h20H,4-19H2,1-3H3;1H3. The second kappa shape index (κ2) is 20.0. The van der Waals surface area contributed by atoms with Crippen molar-refractivity contribution in [2.45, 2.75) is 124 Å². The van der Waals surface area contributed by atoms with Gasteiger partial charge in [0, 0.05) is 0 Å². The maximum absolute atomic E-state index is 2.47. The lowest BCUT2D eigenvalue weighted by Gasteiger charge is -2.11. The van der Waals surface area contributed by atoms with E-state index in [-0.39, 0.29) is 6.15 Å². The largest absolute Gasteiger partial charge is 0.344 e. The molecule has 0 radical (unpaired) electrons. The monoisotopic (exact) mass is 299 g/mol. The van der Waals surface area contributed by atoms with E-state index in [9.17, 15) is 0 Å². The fraction of sp³-hybridized carbons (Fsp3) is 1.00. The smallest absolute Gasteiger partial charge is 0.0443 e. The van der Waals surface area contributed by atoms with Gasteiger partial charge < -0.3 is 6.15 Å². The Balaban J connectivity index is 0. The van der Waals surface area contributed by atoms with Crippen LogP contribution < -0.4 is 6.15 Å². The second-order valence-corrected chi connectivity index (χ2v) is 6.93. The average Bonchev–Trinajstić information content (AvgIpc) is 2.45. The Morgan fingerprint density at radius 3 is 1.10 bits per heavy atom. The Morgan fingerprint density at radius 2 is 0.762 bits per heavy atom. The van der Waals surface area contributed by atoms with E-state index in [0.717, 1.165) is 5.92 Å². The lowest BCUT2D eigenvalue weighted by atomic mass is 9.96.